The number of nitro groups is 1. The summed E-state index contributed by atoms with van der Waals surface area (Å²) in [6, 6.07) is 2.84. The van der Waals surface area contributed by atoms with Gasteiger partial charge in [-0.25, -0.2) is 4.63 Å². The molecular formula is C49H73N3O11. The van der Waals surface area contributed by atoms with Crippen LogP contribution in [0.4, 0.5) is 5.69 Å². The summed E-state index contributed by atoms with van der Waals surface area (Å²) in [4.78, 5) is 65.0. The van der Waals surface area contributed by atoms with E-state index >= 15 is 0 Å². The zero-order valence-corrected chi connectivity index (χ0v) is 39.9. The van der Waals surface area contributed by atoms with Gasteiger partial charge in [-0.1, -0.05) is 20.8 Å². The lowest BCUT2D eigenvalue weighted by molar-refractivity contribution is -0.383. The van der Waals surface area contributed by atoms with Crippen molar-refractivity contribution in [2.45, 2.75) is 189 Å². The Morgan fingerprint density at radius 3 is 2.00 bits per heavy atom. The molecule has 1 heterocycles. The van der Waals surface area contributed by atoms with Crippen LogP contribution in [0.3, 0.4) is 0 Å². The average Bonchev–Trinajstić information content (AvgIpc) is 3.78. The third-order valence-corrected chi connectivity index (χ3v) is 15.3. The van der Waals surface area contributed by atoms with Crippen LogP contribution in [-0.4, -0.2) is 62.0 Å². The van der Waals surface area contributed by atoms with Crippen LogP contribution >= 0.6 is 0 Å². The van der Waals surface area contributed by atoms with Crippen LogP contribution in [0.5, 0.6) is 0 Å². The first-order valence-electron chi connectivity index (χ1n) is 23.5. The first kappa shape index (κ1) is 48.4. The summed E-state index contributed by atoms with van der Waals surface area (Å²) >= 11 is 0. The fraction of sp³-hybridized carbons (Fsp3) is 0.796. The summed E-state index contributed by atoms with van der Waals surface area (Å²) in [6.07, 6.45) is 10.1. The number of hydrogen-bond acceptors (Lipinski definition) is 13. The van der Waals surface area contributed by atoms with Crippen molar-refractivity contribution in [2.75, 3.05) is 0 Å². The molecule has 4 aliphatic rings. The van der Waals surface area contributed by atoms with E-state index in [0.29, 0.717) is 47.5 Å². The summed E-state index contributed by atoms with van der Waals surface area (Å²) in [5.41, 5.74) is -1.45. The minimum absolute atomic E-state index is 0.0153. The van der Waals surface area contributed by atoms with E-state index < -0.39 is 57.4 Å². The summed E-state index contributed by atoms with van der Waals surface area (Å²) in [5, 5.41) is 19.3. The number of nitro benzene ring substituents is 1. The number of fused-ring (bicyclic) bond motifs is 6. The molecule has 10 atom stereocenters. The molecule has 4 aliphatic carbocycles. The van der Waals surface area contributed by atoms with Crippen molar-refractivity contribution >= 4 is 40.6 Å². The highest BCUT2D eigenvalue weighted by Gasteiger charge is 2.61. The van der Waals surface area contributed by atoms with Gasteiger partial charge < -0.3 is 18.9 Å². The fourth-order valence-electron chi connectivity index (χ4n) is 12.6. The van der Waals surface area contributed by atoms with Crippen molar-refractivity contribution in [2.24, 2.45) is 58.2 Å². The zero-order chi connectivity index (χ0) is 46.4. The maximum absolute atomic E-state index is 14.1. The quantitative estimate of drug-likeness (QED) is 0.0608. The number of rotatable bonds is 13. The second-order valence-corrected chi connectivity index (χ2v) is 23.0. The molecule has 4 saturated carbocycles. The molecule has 0 N–H and O–H groups in total. The highest BCUT2D eigenvalue weighted by Crippen LogP contribution is 2.68. The molecule has 14 heteroatoms. The molecule has 0 aliphatic heterocycles. The first-order chi connectivity index (χ1) is 29.2. The smallest absolute Gasteiger partial charge is 0.320 e. The molecule has 350 valence electrons. The van der Waals surface area contributed by atoms with Gasteiger partial charge in [0.05, 0.1) is 17.3 Å². The predicted octanol–water partition coefficient (Wildman–Crippen LogP) is 10.3. The lowest BCUT2D eigenvalue weighted by atomic mass is 9.44. The van der Waals surface area contributed by atoms with Gasteiger partial charge in [-0.15, -0.1) is 0 Å². The van der Waals surface area contributed by atoms with E-state index in [1.807, 2.05) is 41.5 Å². The number of benzene rings is 1. The molecule has 1 aromatic heterocycles. The van der Waals surface area contributed by atoms with Crippen LogP contribution in [0.15, 0.2) is 16.8 Å². The van der Waals surface area contributed by atoms with Crippen LogP contribution < -0.4 is 0 Å². The molecule has 14 nitrogen and oxygen atoms in total. The van der Waals surface area contributed by atoms with Gasteiger partial charge in [0.25, 0.3) is 0 Å². The summed E-state index contributed by atoms with van der Waals surface area (Å²) in [5.74, 6) is -0.838. The first-order valence-corrected chi connectivity index (χ1v) is 23.5. The Kier molecular flexibility index (Phi) is 13.9. The molecule has 1 aromatic carbocycles. The maximum atomic E-state index is 14.1. The number of ether oxygens (including phenoxy) is 4. The Hall–Kier alpha value is -4.10. The largest absolute Gasteiger partial charge is 0.462 e. The summed E-state index contributed by atoms with van der Waals surface area (Å²) in [6.45, 7) is 23.5. The number of carbonyl (C=O) groups is 4. The van der Waals surface area contributed by atoms with Gasteiger partial charge in [0.2, 0.25) is 5.52 Å². The van der Waals surface area contributed by atoms with Gasteiger partial charge >= 0.3 is 29.6 Å². The van der Waals surface area contributed by atoms with E-state index in [1.165, 1.54) is 18.6 Å². The lowest BCUT2D eigenvalue weighted by Crippen LogP contribution is -2.54. The van der Waals surface area contributed by atoms with E-state index in [2.05, 4.69) is 31.1 Å². The van der Waals surface area contributed by atoms with Gasteiger partial charge in [0.1, 0.15) is 28.4 Å². The Labute approximate surface area is 373 Å². The van der Waals surface area contributed by atoms with Crippen LogP contribution in [0.25, 0.3) is 11.0 Å². The molecule has 6 rings (SSSR count). The Bertz CT molecular complexity index is 2000. The molecule has 4 fully saturated rings. The normalized spacial score (nSPS) is 29.5. The minimum atomic E-state index is -0.954. The van der Waals surface area contributed by atoms with Crippen molar-refractivity contribution in [1.82, 2.24) is 10.3 Å². The molecule has 0 saturated heterocycles. The molecule has 63 heavy (non-hydrogen) atoms. The Balaban J connectivity index is 1.10. The van der Waals surface area contributed by atoms with E-state index in [-0.39, 0.29) is 46.5 Å². The number of non-ortho nitro benzene ring substituents is 1. The number of hydrogen-bond donors (Lipinski definition) is 0. The van der Waals surface area contributed by atoms with Crippen LogP contribution in [0.2, 0.25) is 0 Å². The maximum Gasteiger partial charge on any atom is 0.320 e. The molecule has 0 amide bonds. The Morgan fingerprint density at radius 1 is 0.778 bits per heavy atom. The number of aromatic nitrogens is 2. The Morgan fingerprint density at radius 2 is 1.38 bits per heavy atom. The summed E-state index contributed by atoms with van der Waals surface area (Å²) < 4.78 is 28.2. The summed E-state index contributed by atoms with van der Waals surface area (Å²) in [7, 11) is 0. The standard InChI is InChI=1S/C49H73N3O11/c1-28(13-16-34(43(55)61-46(5,6)7)44(56)62-47(8,9)10)35-18-19-36-33-17-15-31-27-32(21-23-48(31,11)37(33)22-24-49(35,36)12)59-42(54)30(26-39(53)60-45(2,3)4)25-29-14-20-38(52(57)58)41-40(29)50-63-51-41/h14,20,28,30-37H,13,15-19,21-27H2,1-12H3. The monoisotopic (exact) mass is 880 g/mol. The predicted molar refractivity (Wildman–Crippen MR) is 235 cm³/mol. The highest BCUT2D eigenvalue weighted by molar-refractivity contribution is 5.95. The lowest BCUT2D eigenvalue weighted by Gasteiger charge is -2.61. The van der Waals surface area contributed by atoms with Crippen LogP contribution in [-0.2, 0) is 44.5 Å². The van der Waals surface area contributed by atoms with Crippen molar-refractivity contribution in [1.29, 1.82) is 0 Å². The fourth-order valence-corrected chi connectivity index (χ4v) is 12.6. The highest BCUT2D eigenvalue weighted by atomic mass is 16.6. The van der Waals surface area contributed by atoms with Crippen LogP contribution in [0.1, 0.15) is 166 Å². The van der Waals surface area contributed by atoms with Gasteiger partial charge in [-0.3, -0.25) is 29.3 Å². The number of esters is 4. The van der Waals surface area contributed by atoms with Gasteiger partial charge in [0, 0.05) is 6.07 Å². The van der Waals surface area contributed by atoms with E-state index in [9.17, 15) is 29.3 Å². The molecule has 0 bridgehead atoms. The van der Waals surface area contributed by atoms with Gasteiger partial charge in [0.15, 0.2) is 5.92 Å². The SMILES string of the molecule is CC(CCC(C(=O)OC(C)(C)C)C(=O)OC(C)(C)C)C1CCC2C3CCC4CC(OC(=O)C(CC(=O)OC(C)(C)C)Cc5ccc([N+](=O)[O-])c6nonc56)CCC4(C)C3CCC12C. The van der Waals surface area contributed by atoms with Crippen molar-refractivity contribution in [3.05, 3.63) is 27.8 Å². The zero-order valence-electron chi connectivity index (χ0n) is 39.9. The molecule has 2 aromatic rings. The number of carbonyl (C=O) groups excluding carboxylic acids is 4. The third-order valence-electron chi connectivity index (χ3n) is 15.3. The van der Waals surface area contributed by atoms with Gasteiger partial charge in [-0.2, -0.15) is 0 Å². The van der Waals surface area contributed by atoms with Crippen molar-refractivity contribution in [3.8, 4) is 0 Å². The average molecular weight is 880 g/mol. The topological polar surface area (TPSA) is 187 Å². The second-order valence-electron chi connectivity index (χ2n) is 23.0. The molecule has 0 spiro atoms. The third kappa shape index (κ3) is 10.9. The van der Waals surface area contributed by atoms with E-state index in [4.69, 9.17) is 23.6 Å². The van der Waals surface area contributed by atoms with Crippen LogP contribution in [0, 0.1) is 68.3 Å². The molecule has 10 unspecified atom stereocenters. The molecule has 0 radical (unpaired) electrons. The van der Waals surface area contributed by atoms with Crippen molar-refractivity contribution < 1.29 is 47.7 Å². The van der Waals surface area contributed by atoms with Gasteiger partial charge in [-0.05, 0) is 208 Å². The minimum Gasteiger partial charge on any atom is -0.462 e. The van der Waals surface area contributed by atoms with E-state index in [0.717, 1.165) is 57.8 Å². The van der Waals surface area contributed by atoms with Crippen molar-refractivity contribution in [3.63, 3.8) is 0 Å². The molecular weight excluding hydrogens is 807 g/mol. The second kappa shape index (κ2) is 18.1. The number of nitrogens with zero attached hydrogens (tertiary/aromatic N) is 3. The van der Waals surface area contributed by atoms with E-state index in [1.54, 1.807) is 20.8 Å².